The third-order valence-electron chi connectivity index (χ3n) is 4.49. The predicted molar refractivity (Wildman–Crippen MR) is 115 cm³/mol. The van der Waals surface area contributed by atoms with E-state index in [4.69, 9.17) is 4.74 Å². The van der Waals surface area contributed by atoms with Crippen molar-refractivity contribution in [3.8, 4) is 5.75 Å². The highest BCUT2D eigenvalue weighted by molar-refractivity contribution is 5.92. The summed E-state index contributed by atoms with van der Waals surface area (Å²) in [5.74, 6) is 1.10. The Morgan fingerprint density at radius 2 is 1.72 bits per heavy atom. The largest absolute Gasteiger partial charge is 0.497 e. The molecule has 3 aromatic rings. The number of aromatic nitrogens is 2. The van der Waals surface area contributed by atoms with Crippen molar-refractivity contribution in [3.05, 3.63) is 77.7 Å². The summed E-state index contributed by atoms with van der Waals surface area (Å²) in [4.78, 5) is 20.9. The smallest absolute Gasteiger partial charge is 0.271 e. The number of amides is 1. The molecule has 1 aromatic heterocycles. The average molecular weight is 390 g/mol. The van der Waals surface area contributed by atoms with Crippen molar-refractivity contribution < 1.29 is 9.53 Å². The Labute approximate surface area is 171 Å². The van der Waals surface area contributed by atoms with Crippen LogP contribution in [0.4, 0.5) is 11.5 Å². The van der Waals surface area contributed by atoms with Crippen LogP contribution >= 0.6 is 0 Å². The van der Waals surface area contributed by atoms with Crippen molar-refractivity contribution in [2.24, 2.45) is 0 Å². The molecule has 0 aliphatic carbocycles. The fourth-order valence-electron chi connectivity index (χ4n) is 2.91. The highest BCUT2D eigenvalue weighted by Crippen LogP contribution is 2.30. The van der Waals surface area contributed by atoms with Gasteiger partial charge in [-0.05, 0) is 34.7 Å². The second-order valence-corrected chi connectivity index (χ2v) is 7.74. The molecule has 1 amide bonds. The van der Waals surface area contributed by atoms with E-state index in [2.05, 4.69) is 47.4 Å². The standard InChI is InChI=1S/C23H26N4O2/c1-23(2,3)18-7-5-6-8-19(18)27-21-15-24-20(14-25-21)22(28)26-13-16-9-11-17(29-4)12-10-16/h5-12,14-15H,13H2,1-4H3,(H,25,27)(H,26,28). The number of carbonyl (C=O) groups excluding carboxylic acids is 1. The number of ether oxygens (including phenoxy) is 1. The normalized spacial score (nSPS) is 11.0. The van der Waals surface area contributed by atoms with Crippen LogP contribution in [-0.4, -0.2) is 23.0 Å². The van der Waals surface area contributed by atoms with Gasteiger partial charge in [0.25, 0.3) is 5.91 Å². The number of rotatable bonds is 6. The SMILES string of the molecule is COc1ccc(CNC(=O)c2cnc(Nc3ccccc3C(C)(C)C)cn2)cc1. The molecule has 0 atom stereocenters. The van der Waals surface area contributed by atoms with Crippen LogP contribution in [0, 0.1) is 0 Å². The van der Waals surface area contributed by atoms with Crippen molar-refractivity contribution in [1.29, 1.82) is 0 Å². The zero-order valence-electron chi connectivity index (χ0n) is 17.2. The third-order valence-corrected chi connectivity index (χ3v) is 4.49. The zero-order chi connectivity index (χ0) is 20.9. The van der Waals surface area contributed by atoms with Crippen molar-refractivity contribution in [2.45, 2.75) is 32.7 Å². The summed E-state index contributed by atoms with van der Waals surface area (Å²) in [6.45, 7) is 6.89. The van der Waals surface area contributed by atoms with Gasteiger partial charge < -0.3 is 15.4 Å². The topological polar surface area (TPSA) is 76.1 Å². The Morgan fingerprint density at radius 3 is 2.34 bits per heavy atom. The minimum atomic E-state index is -0.269. The maximum absolute atomic E-state index is 12.3. The Hall–Kier alpha value is -3.41. The lowest BCUT2D eigenvalue weighted by Crippen LogP contribution is -2.24. The first-order valence-corrected chi connectivity index (χ1v) is 9.46. The number of anilines is 2. The zero-order valence-corrected chi connectivity index (χ0v) is 17.2. The van der Waals surface area contributed by atoms with E-state index in [0.29, 0.717) is 12.4 Å². The maximum atomic E-state index is 12.3. The van der Waals surface area contributed by atoms with Gasteiger partial charge >= 0.3 is 0 Å². The first kappa shape index (κ1) is 20.3. The molecule has 2 aromatic carbocycles. The van der Waals surface area contributed by atoms with Gasteiger partial charge in [-0.1, -0.05) is 51.1 Å². The van der Waals surface area contributed by atoms with Crippen LogP contribution in [0.2, 0.25) is 0 Å². The van der Waals surface area contributed by atoms with Gasteiger partial charge in [0, 0.05) is 12.2 Å². The fourth-order valence-corrected chi connectivity index (χ4v) is 2.91. The molecule has 29 heavy (non-hydrogen) atoms. The molecule has 0 radical (unpaired) electrons. The summed E-state index contributed by atoms with van der Waals surface area (Å²) >= 11 is 0. The highest BCUT2D eigenvalue weighted by Gasteiger charge is 2.17. The third kappa shape index (κ3) is 5.31. The van der Waals surface area contributed by atoms with Crippen molar-refractivity contribution in [2.75, 3.05) is 12.4 Å². The maximum Gasteiger partial charge on any atom is 0.271 e. The van der Waals surface area contributed by atoms with Gasteiger partial charge in [-0.15, -0.1) is 0 Å². The summed E-state index contributed by atoms with van der Waals surface area (Å²) in [5, 5.41) is 6.14. The monoisotopic (exact) mass is 390 g/mol. The Kier molecular flexibility index (Phi) is 6.12. The average Bonchev–Trinajstić information content (AvgIpc) is 2.72. The molecule has 3 rings (SSSR count). The van der Waals surface area contributed by atoms with E-state index in [9.17, 15) is 4.79 Å². The summed E-state index contributed by atoms with van der Waals surface area (Å²) in [5.41, 5.74) is 3.41. The number of para-hydroxylation sites is 1. The van der Waals surface area contributed by atoms with Crippen LogP contribution in [0.25, 0.3) is 0 Å². The van der Waals surface area contributed by atoms with Crippen LogP contribution in [0.15, 0.2) is 60.9 Å². The van der Waals surface area contributed by atoms with E-state index in [0.717, 1.165) is 17.0 Å². The molecule has 6 nitrogen and oxygen atoms in total. The van der Waals surface area contributed by atoms with E-state index in [1.165, 1.54) is 11.8 Å². The van der Waals surface area contributed by atoms with E-state index in [-0.39, 0.29) is 17.0 Å². The fraction of sp³-hybridized carbons (Fsp3) is 0.261. The minimum Gasteiger partial charge on any atom is -0.497 e. The van der Waals surface area contributed by atoms with Gasteiger partial charge in [-0.3, -0.25) is 4.79 Å². The van der Waals surface area contributed by atoms with Gasteiger partial charge in [-0.2, -0.15) is 0 Å². The van der Waals surface area contributed by atoms with Crippen LogP contribution in [0.3, 0.4) is 0 Å². The number of nitrogens with one attached hydrogen (secondary N) is 2. The first-order chi connectivity index (χ1) is 13.9. The van der Waals surface area contributed by atoms with Crippen molar-refractivity contribution in [1.82, 2.24) is 15.3 Å². The number of methoxy groups -OCH3 is 1. The number of hydrogen-bond acceptors (Lipinski definition) is 5. The van der Waals surface area contributed by atoms with Crippen LogP contribution in [0.1, 0.15) is 42.4 Å². The van der Waals surface area contributed by atoms with Gasteiger partial charge in [-0.25, -0.2) is 9.97 Å². The molecule has 0 spiro atoms. The molecule has 1 heterocycles. The molecule has 0 saturated carbocycles. The predicted octanol–water partition coefficient (Wildman–Crippen LogP) is 4.46. The van der Waals surface area contributed by atoms with Crippen LogP contribution in [-0.2, 0) is 12.0 Å². The minimum absolute atomic E-state index is 0.00168. The Morgan fingerprint density at radius 1 is 1.00 bits per heavy atom. The molecular formula is C23H26N4O2. The molecule has 0 aliphatic heterocycles. The molecule has 2 N–H and O–H groups in total. The molecule has 0 unspecified atom stereocenters. The second-order valence-electron chi connectivity index (χ2n) is 7.74. The molecule has 0 fully saturated rings. The second kappa shape index (κ2) is 8.73. The van der Waals surface area contributed by atoms with E-state index in [1.807, 2.05) is 42.5 Å². The lowest BCUT2D eigenvalue weighted by molar-refractivity contribution is 0.0945. The number of carbonyl (C=O) groups is 1. The lowest BCUT2D eigenvalue weighted by Gasteiger charge is -2.23. The van der Waals surface area contributed by atoms with E-state index < -0.39 is 0 Å². The van der Waals surface area contributed by atoms with Gasteiger partial charge in [0.2, 0.25) is 0 Å². The van der Waals surface area contributed by atoms with Crippen LogP contribution in [0.5, 0.6) is 5.75 Å². The van der Waals surface area contributed by atoms with Gasteiger partial charge in [0.1, 0.15) is 17.3 Å². The summed E-state index contributed by atoms with van der Waals surface area (Å²) < 4.78 is 5.13. The lowest BCUT2D eigenvalue weighted by atomic mass is 9.86. The van der Waals surface area contributed by atoms with E-state index in [1.54, 1.807) is 13.3 Å². The number of benzene rings is 2. The number of nitrogens with zero attached hydrogens (tertiary/aromatic N) is 2. The highest BCUT2D eigenvalue weighted by atomic mass is 16.5. The molecule has 150 valence electrons. The Bertz CT molecular complexity index is 961. The summed E-state index contributed by atoms with van der Waals surface area (Å²) in [7, 11) is 1.62. The molecular weight excluding hydrogens is 364 g/mol. The summed E-state index contributed by atoms with van der Waals surface area (Å²) in [6, 6.07) is 15.6. The molecule has 0 aliphatic rings. The quantitative estimate of drug-likeness (QED) is 0.650. The first-order valence-electron chi connectivity index (χ1n) is 9.46. The molecule has 6 heteroatoms. The van der Waals surface area contributed by atoms with Crippen LogP contribution < -0.4 is 15.4 Å². The number of hydrogen-bond donors (Lipinski definition) is 2. The van der Waals surface area contributed by atoms with Gasteiger partial charge in [0.05, 0.1) is 19.5 Å². The van der Waals surface area contributed by atoms with E-state index >= 15 is 0 Å². The summed E-state index contributed by atoms with van der Waals surface area (Å²) in [6.07, 6.45) is 3.05. The Balaban J connectivity index is 1.63. The van der Waals surface area contributed by atoms with Gasteiger partial charge in [0.15, 0.2) is 0 Å². The van der Waals surface area contributed by atoms with Crippen molar-refractivity contribution in [3.63, 3.8) is 0 Å². The molecule has 0 saturated heterocycles. The molecule has 0 bridgehead atoms. The van der Waals surface area contributed by atoms with Crippen molar-refractivity contribution >= 4 is 17.4 Å².